The second-order valence-corrected chi connectivity index (χ2v) is 6.57. The quantitative estimate of drug-likeness (QED) is 0.649. The zero-order valence-electron chi connectivity index (χ0n) is 13.5. The molecule has 1 aliphatic heterocycles. The van der Waals surface area contributed by atoms with E-state index in [0.29, 0.717) is 24.4 Å². The summed E-state index contributed by atoms with van der Waals surface area (Å²) in [6, 6.07) is 7.92. The van der Waals surface area contributed by atoms with Crippen LogP contribution in [0.5, 0.6) is 0 Å². The van der Waals surface area contributed by atoms with E-state index in [9.17, 15) is 14.9 Å². The minimum Gasteiger partial charge on any atom is -0.460 e. The topological polar surface area (TPSA) is 103 Å². The summed E-state index contributed by atoms with van der Waals surface area (Å²) in [6.07, 6.45) is 1.75. The minimum atomic E-state index is -0.491. The molecule has 25 heavy (non-hydrogen) atoms. The summed E-state index contributed by atoms with van der Waals surface area (Å²) < 4.78 is 5.84. The Labute approximate surface area is 149 Å². The molecule has 1 aromatic carbocycles. The van der Waals surface area contributed by atoms with E-state index in [1.54, 1.807) is 12.1 Å². The zero-order chi connectivity index (χ0) is 18.0. The van der Waals surface area contributed by atoms with E-state index in [-0.39, 0.29) is 22.5 Å². The fourth-order valence-corrected chi connectivity index (χ4v) is 3.34. The molecule has 2 aromatic rings. The number of nitrogens with two attached hydrogens (primary N) is 1. The Bertz CT molecular complexity index is 805. The highest BCUT2D eigenvalue weighted by molar-refractivity contribution is 6.33. The van der Waals surface area contributed by atoms with E-state index in [1.165, 1.54) is 12.1 Å². The van der Waals surface area contributed by atoms with Gasteiger partial charge >= 0.3 is 0 Å². The van der Waals surface area contributed by atoms with Gasteiger partial charge in [-0.1, -0.05) is 11.6 Å². The predicted molar refractivity (Wildman–Crippen MR) is 93.0 cm³/mol. The summed E-state index contributed by atoms with van der Waals surface area (Å²) in [5.74, 6) is 0.919. The molecule has 7 nitrogen and oxygen atoms in total. The van der Waals surface area contributed by atoms with E-state index in [0.717, 1.165) is 25.1 Å². The lowest BCUT2D eigenvalue weighted by atomic mass is 9.97. The Balaban J connectivity index is 1.72. The highest BCUT2D eigenvalue weighted by Crippen LogP contribution is 2.32. The normalized spacial score (nSPS) is 18.2. The van der Waals surface area contributed by atoms with Crippen molar-refractivity contribution in [3.63, 3.8) is 0 Å². The number of hydrogen-bond acceptors (Lipinski definition) is 5. The van der Waals surface area contributed by atoms with Crippen LogP contribution in [0.3, 0.4) is 0 Å². The number of nitro groups is 1. The molecule has 1 atom stereocenters. The number of nitrogens with zero attached hydrogens (tertiary/aromatic N) is 2. The summed E-state index contributed by atoms with van der Waals surface area (Å²) in [6.45, 7) is 2.09. The van der Waals surface area contributed by atoms with E-state index in [4.69, 9.17) is 21.8 Å². The Morgan fingerprint density at radius 2 is 2.20 bits per heavy atom. The number of hydrogen-bond donors (Lipinski definition) is 1. The van der Waals surface area contributed by atoms with E-state index in [1.807, 2.05) is 6.07 Å². The number of rotatable bonds is 5. The van der Waals surface area contributed by atoms with Crippen LogP contribution in [0.25, 0.3) is 11.3 Å². The monoisotopic (exact) mass is 363 g/mol. The lowest BCUT2D eigenvalue weighted by Gasteiger charge is -2.30. The fraction of sp³-hybridized carbons (Fsp3) is 0.353. The van der Waals surface area contributed by atoms with Crippen molar-refractivity contribution in [3.05, 3.63) is 51.2 Å². The van der Waals surface area contributed by atoms with Gasteiger partial charge in [0.2, 0.25) is 5.91 Å². The Morgan fingerprint density at radius 3 is 2.88 bits per heavy atom. The molecule has 0 radical (unpaired) electrons. The number of benzene rings is 1. The molecule has 0 aliphatic carbocycles. The summed E-state index contributed by atoms with van der Waals surface area (Å²) in [5, 5.41) is 11.1. The highest BCUT2D eigenvalue weighted by atomic mass is 35.5. The largest absolute Gasteiger partial charge is 0.460 e. The van der Waals surface area contributed by atoms with Crippen LogP contribution < -0.4 is 5.73 Å². The van der Waals surface area contributed by atoms with Crippen LogP contribution in [-0.4, -0.2) is 28.8 Å². The van der Waals surface area contributed by atoms with Gasteiger partial charge in [0.15, 0.2) is 0 Å². The van der Waals surface area contributed by atoms with Crippen LogP contribution in [-0.2, 0) is 11.3 Å². The molecule has 0 bridgehead atoms. The number of likely N-dealkylation sites (tertiary alicyclic amines) is 1. The van der Waals surface area contributed by atoms with Crippen molar-refractivity contribution in [3.8, 4) is 11.3 Å². The molecule has 2 heterocycles. The molecule has 1 fully saturated rings. The van der Waals surface area contributed by atoms with E-state index >= 15 is 0 Å². The van der Waals surface area contributed by atoms with Gasteiger partial charge < -0.3 is 10.2 Å². The third-order valence-electron chi connectivity index (χ3n) is 4.38. The third-order valence-corrected chi connectivity index (χ3v) is 4.69. The number of furan rings is 1. The fourth-order valence-electron chi connectivity index (χ4n) is 3.08. The number of primary amides is 1. The summed E-state index contributed by atoms with van der Waals surface area (Å²) >= 11 is 6.14. The summed E-state index contributed by atoms with van der Waals surface area (Å²) in [7, 11) is 0. The van der Waals surface area contributed by atoms with Gasteiger partial charge in [-0.25, -0.2) is 0 Å². The number of piperidine rings is 1. The maximum Gasteiger partial charge on any atom is 0.270 e. The summed E-state index contributed by atoms with van der Waals surface area (Å²) in [4.78, 5) is 23.8. The maximum atomic E-state index is 11.4. The standard InChI is InChI=1S/C17H18ClN3O4/c18-15-8-12(21(23)24)3-5-14(15)16-6-4-13(25-16)10-20-7-1-2-11(9-20)17(19)22/h3-6,8,11H,1-2,7,9-10H2,(H2,19,22). The number of non-ortho nitro benzene ring substituents is 1. The first-order valence-electron chi connectivity index (χ1n) is 7.98. The van der Waals surface area contributed by atoms with Crippen LogP contribution in [0.2, 0.25) is 5.02 Å². The highest BCUT2D eigenvalue weighted by Gasteiger charge is 2.24. The molecular formula is C17H18ClN3O4. The van der Waals surface area contributed by atoms with E-state index < -0.39 is 4.92 Å². The van der Waals surface area contributed by atoms with Gasteiger partial charge in [0.1, 0.15) is 11.5 Å². The van der Waals surface area contributed by atoms with Crippen molar-refractivity contribution in [2.24, 2.45) is 11.7 Å². The van der Waals surface area contributed by atoms with Crippen molar-refractivity contribution in [2.75, 3.05) is 13.1 Å². The molecule has 8 heteroatoms. The molecule has 0 saturated carbocycles. The number of halogens is 1. The van der Waals surface area contributed by atoms with Gasteiger partial charge in [-0.2, -0.15) is 0 Å². The van der Waals surface area contributed by atoms with Crippen LogP contribution in [0.4, 0.5) is 5.69 Å². The molecule has 1 amide bonds. The number of carbonyl (C=O) groups excluding carboxylic acids is 1. The van der Waals surface area contributed by atoms with Crippen molar-refractivity contribution >= 4 is 23.2 Å². The Morgan fingerprint density at radius 1 is 1.40 bits per heavy atom. The van der Waals surface area contributed by atoms with Crippen molar-refractivity contribution in [1.82, 2.24) is 4.90 Å². The van der Waals surface area contributed by atoms with Crippen LogP contribution in [0.1, 0.15) is 18.6 Å². The zero-order valence-corrected chi connectivity index (χ0v) is 14.2. The Kier molecular flexibility index (Phi) is 5.06. The van der Waals surface area contributed by atoms with E-state index in [2.05, 4.69) is 4.90 Å². The van der Waals surface area contributed by atoms with Gasteiger partial charge in [-0.05, 0) is 37.6 Å². The van der Waals surface area contributed by atoms with Gasteiger partial charge in [-0.15, -0.1) is 0 Å². The molecule has 2 N–H and O–H groups in total. The second kappa shape index (κ2) is 7.25. The van der Waals surface area contributed by atoms with Crippen LogP contribution >= 0.6 is 11.6 Å². The van der Waals surface area contributed by atoms with Crippen molar-refractivity contribution in [2.45, 2.75) is 19.4 Å². The smallest absolute Gasteiger partial charge is 0.270 e. The van der Waals surface area contributed by atoms with Crippen LogP contribution in [0, 0.1) is 16.0 Å². The predicted octanol–water partition coefficient (Wildman–Crippen LogP) is 3.21. The Hall–Kier alpha value is -2.38. The lowest BCUT2D eigenvalue weighted by molar-refractivity contribution is -0.384. The molecule has 0 spiro atoms. The molecule has 1 saturated heterocycles. The first kappa shape index (κ1) is 17.4. The van der Waals surface area contributed by atoms with Gasteiger partial charge in [0, 0.05) is 24.2 Å². The van der Waals surface area contributed by atoms with Crippen molar-refractivity contribution in [1.29, 1.82) is 0 Å². The second-order valence-electron chi connectivity index (χ2n) is 6.16. The average molecular weight is 364 g/mol. The number of carbonyl (C=O) groups is 1. The lowest BCUT2D eigenvalue weighted by Crippen LogP contribution is -2.40. The van der Waals surface area contributed by atoms with Gasteiger partial charge in [-0.3, -0.25) is 19.8 Å². The SMILES string of the molecule is NC(=O)C1CCCN(Cc2ccc(-c3ccc([N+](=O)[O-])cc3Cl)o2)C1. The van der Waals surface area contributed by atoms with Crippen molar-refractivity contribution < 1.29 is 14.1 Å². The molecule has 132 valence electrons. The first-order valence-corrected chi connectivity index (χ1v) is 8.36. The molecule has 1 unspecified atom stereocenters. The van der Waals surface area contributed by atoms with Crippen LogP contribution in [0.15, 0.2) is 34.7 Å². The first-order chi connectivity index (χ1) is 11.9. The summed E-state index contributed by atoms with van der Waals surface area (Å²) in [5.41, 5.74) is 5.94. The van der Waals surface area contributed by atoms with Gasteiger partial charge in [0.25, 0.3) is 5.69 Å². The molecule has 1 aromatic heterocycles. The minimum absolute atomic E-state index is 0.0636. The average Bonchev–Trinajstić information content (AvgIpc) is 3.03. The number of nitro benzene ring substituents is 1. The molecular weight excluding hydrogens is 346 g/mol. The maximum absolute atomic E-state index is 11.4. The molecule has 1 aliphatic rings. The molecule has 3 rings (SSSR count). The number of amides is 1. The third kappa shape index (κ3) is 4.00. The van der Waals surface area contributed by atoms with Gasteiger partial charge in [0.05, 0.1) is 22.4 Å².